The summed E-state index contributed by atoms with van der Waals surface area (Å²) < 4.78 is 25.9. The first kappa shape index (κ1) is 10.9. The van der Waals surface area contributed by atoms with Crippen molar-refractivity contribution >= 4 is 6.08 Å². The lowest BCUT2D eigenvalue weighted by Crippen LogP contribution is -1.91. The fourth-order valence-corrected chi connectivity index (χ4v) is 1.10. The van der Waals surface area contributed by atoms with Crippen LogP contribution in [0.3, 0.4) is 0 Å². The van der Waals surface area contributed by atoms with Crippen molar-refractivity contribution in [2.24, 2.45) is 0 Å². The molecule has 0 radical (unpaired) electrons. The lowest BCUT2D eigenvalue weighted by molar-refractivity contribution is 0.329. The van der Waals surface area contributed by atoms with Crippen molar-refractivity contribution in [3.05, 3.63) is 41.0 Å². The molecule has 0 aliphatic carbocycles. The first-order valence-corrected chi connectivity index (χ1v) is 4.42. The Bertz CT molecular complexity index is 339. The summed E-state index contributed by atoms with van der Waals surface area (Å²) in [6, 6.07) is 3.25. The normalized spacial score (nSPS) is 11.9. The highest BCUT2D eigenvalue weighted by Gasteiger charge is 2.02. The van der Waals surface area contributed by atoms with E-state index in [0.717, 1.165) is 18.2 Å². The average molecular weight is 198 g/mol. The van der Waals surface area contributed by atoms with Crippen LogP contribution >= 0.6 is 0 Å². The van der Waals surface area contributed by atoms with Gasteiger partial charge < -0.3 is 5.11 Å². The minimum Gasteiger partial charge on any atom is -0.392 e. The number of benzene rings is 1. The number of halogens is 2. The Hall–Kier alpha value is -1.22. The van der Waals surface area contributed by atoms with Crippen molar-refractivity contribution in [3.8, 4) is 0 Å². The van der Waals surface area contributed by atoms with E-state index < -0.39 is 11.6 Å². The molecule has 0 saturated carbocycles. The number of aliphatic hydroxyl groups is 1. The Labute approximate surface area is 81.7 Å². The predicted molar refractivity (Wildman–Crippen MR) is 51.7 cm³/mol. The molecule has 0 aliphatic heterocycles. The zero-order valence-corrected chi connectivity index (χ0v) is 7.93. The summed E-state index contributed by atoms with van der Waals surface area (Å²) in [5.41, 5.74) is 0.852. The number of hydrogen-bond acceptors (Lipinski definition) is 1. The van der Waals surface area contributed by atoms with Gasteiger partial charge in [0.05, 0.1) is 6.61 Å². The van der Waals surface area contributed by atoms with E-state index in [4.69, 9.17) is 5.11 Å². The van der Waals surface area contributed by atoms with Gasteiger partial charge in [0.15, 0.2) is 0 Å². The fourth-order valence-electron chi connectivity index (χ4n) is 1.10. The Morgan fingerprint density at radius 1 is 1.43 bits per heavy atom. The van der Waals surface area contributed by atoms with Gasteiger partial charge in [-0.15, -0.1) is 0 Å². The second kappa shape index (κ2) is 4.86. The van der Waals surface area contributed by atoms with E-state index in [-0.39, 0.29) is 12.2 Å². The van der Waals surface area contributed by atoms with Crippen LogP contribution in [0.2, 0.25) is 0 Å². The van der Waals surface area contributed by atoms with Gasteiger partial charge >= 0.3 is 0 Å². The van der Waals surface area contributed by atoms with Gasteiger partial charge in [-0.25, -0.2) is 8.78 Å². The van der Waals surface area contributed by atoms with Gasteiger partial charge in [0.25, 0.3) is 0 Å². The molecule has 14 heavy (non-hydrogen) atoms. The maximum atomic E-state index is 13.1. The molecule has 0 atom stereocenters. The highest BCUT2D eigenvalue weighted by molar-refractivity contribution is 5.53. The first-order chi connectivity index (χ1) is 6.67. The molecular weight excluding hydrogens is 186 g/mol. The van der Waals surface area contributed by atoms with Crippen molar-refractivity contribution in [2.75, 3.05) is 6.61 Å². The smallest absolute Gasteiger partial charge is 0.130 e. The summed E-state index contributed by atoms with van der Waals surface area (Å²) in [7, 11) is 0. The van der Waals surface area contributed by atoms with Crippen LogP contribution in [0.25, 0.3) is 6.08 Å². The second-order valence-electron chi connectivity index (χ2n) is 2.98. The maximum Gasteiger partial charge on any atom is 0.130 e. The topological polar surface area (TPSA) is 20.2 Å². The number of rotatable bonds is 3. The lowest BCUT2D eigenvalue weighted by atomic mass is 10.1. The van der Waals surface area contributed by atoms with Crippen LogP contribution in [0.15, 0.2) is 23.8 Å². The van der Waals surface area contributed by atoms with E-state index >= 15 is 0 Å². The molecule has 0 heterocycles. The zero-order chi connectivity index (χ0) is 10.6. The first-order valence-electron chi connectivity index (χ1n) is 4.42. The molecule has 76 valence electrons. The summed E-state index contributed by atoms with van der Waals surface area (Å²) in [4.78, 5) is 0. The molecule has 1 rings (SSSR count). The van der Waals surface area contributed by atoms with Gasteiger partial charge in [-0.05, 0) is 30.2 Å². The van der Waals surface area contributed by atoms with Gasteiger partial charge in [0.1, 0.15) is 11.6 Å². The lowest BCUT2D eigenvalue weighted by Gasteiger charge is -2.01. The minimum atomic E-state index is -0.481. The Morgan fingerprint density at radius 3 is 2.71 bits per heavy atom. The van der Waals surface area contributed by atoms with Gasteiger partial charge in [-0.1, -0.05) is 13.0 Å². The predicted octanol–water partition coefficient (Wildman–Crippen LogP) is 2.75. The maximum absolute atomic E-state index is 13.1. The molecule has 1 aromatic rings. The third-order valence-electron chi connectivity index (χ3n) is 1.97. The van der Waals surface area contributed by atoms with Crippen LogP contribution in [0.4, 0.5) is 8.78 Å². The van der Waals surface area contributed by atoms with Gasteiger partial charge in [-0.3, -0.25) is 0 Å². The molecule has 1 nitrogen and oxygen atoms in total. The molecule has 1 aromatic carbocycles. The Kier molecular flexibility index (Phi) is 3.77. The van der Waals surface area contributed by atoms with Crippen molar-refractivity contribution in [1.82, 2.24) is 0 Å². The van der Waals surface area contributed by atoms with Gasteiger partial charge in [0, 0.05) is 5.56 Å². The van der Waals surface area contributed by atoms with Gasteiger partial charge in [-0.2, -0.15) is 0 Å². The van der Waals surface area contributed by atoms with Crippen molar-refractivity contribution < 1.29 is 13.9 Å². The highest BCUT2D eigenvalue weighted by Crippen LogP contribution is 2.14. The molecule has 3 heteroatoms. The molecule has 0 amide bonds. The third kappa shape index (κ3) is 2.64. The summed E-state index contributed by atoms with van der Waals surface area (Å²) in [6.07, 6.45) is 2.09. The van der Waals surface area contributed by atoms with Gasteiger partial charge in [0.2, 0.25) is 0 Å². The molecule has 1 N–H and O–H groups in total. The zero-order valence-electron chi connectivity index (χ0n) is 7.93. The molecule has 0 fully saturated rings. The molecule has 0 aliphatic rings. The SMILES string of the molecule is CCC(=Cc1cc(F)ccc1F)CO. The quantitative estimate of drug-likeness (QED) is 0.791. The Balaban J connectivity index is 3.06. The van der Waals surface area contributed by atoms with E-state index in [1.165, 1.54) is 6.08 Å². The van der Waals surface area contributed by atoms with Crippen LogP contribution in [0, 0.1) is 11.6 Å². The molecule has 0 bridgehead atoms. The van der Waals surface area contributed by atoms with Crippen LogP contribution in [0.1, 0.15) is 18.9 Å². The monoisotopic (exact) mass is 198 g/mol. The molecule has 0 unspecified atom stereocenters. The second-order valence-corrected chi connectivity index (χ2v) is 2.98. The van der Waals surface area contributed by atoms with Crippen LogP contribution < -0.4 is 0 Å². The average Bonchev–Trinajstić information content (AvgIpc) is 2.19. The van der Waals surface area contributed by atoms with Crippen LogP contribution in [-0.4, -0.2) is 11.7 Å². The number of hydrogen-bond donors (Lipinski definition) is 1. The summed E-state index contributed by atoms with van der Waals surface area (Å²) in [6.45, 7) is 1.71. The fraction of sp³-hybridized carbons (Fsp3) is 0.273. The molecule has 0 aromatic heterocycles. The minimum absolute atomic E-state index is 0.132. The van der Waals surface area contributed by atoms with E-state index in [1.807, 2.05) is 6.92 Å². The highest BCUT2D eigenvalue weighted by atomic mass is 19.1. The standard InChI is InChI=1S/C11H12F2O/c1-2-8(7-14)5-9-6-10(12)3-4-11(9)13/h3-6,14H,2,7H2,1H3. The van der Waals surface area contributed by atoms with E-state index in [9.17, 15) is 8.78 Å². The molecule has 0 spiro atoms. The van der Waals surface area contributed by atoms with Crippen molar-refractivity contribution in [3.63, 3.8) is 0 Å². The van der Waals surface area contributed by atoms with E-state index in [0.29, 0.717) is 12.0 Å². The Morgan fingerprint density at radius 2 is 2.14 bits per heavy atom. The van der Waals surface area contributed by atoms with Crippen LogP contribution in [-0.2, 0) is 0 Å². The number of aliphatic hydroxyl groups excluding tert-OH is 1. The summed E-state index contributed by atoms with van der Waals surface area (Å²) >= 11 is 0. The van der Waals surface area contributed by atoms with Crippen molar-refractivity contribution in [1.29, 1.82) is 0 Å². The molecular formula is C11H12F2O. The summed E-state index contributed by atoms with van der Waals surface area (Å²) in [5.74, 6) is -0.961. The summed E-state index contributed by atoms with van der Waals surface area (Å²) in [5, 5.41) is 8.86. The third-order valence-corrected chi connectivity index (χ3v) is 1.97. The largest absolute Gasteiger partial charge is 0.392 e. The van der Waals surface area contributed by atoms with Crippen molar-refractivity contribution in [2.45, 2.75) is 13.3 Å². The van der Waals surface area contributed by atoms with E-state index in [2.05, 4.69) is 0 Å². The molecule has 0 saturated heterocycles. The van der Waals surface area contributed by atoms with E-state index in [1.54, 1.807) is 0 Å². The van der Waals surface area contributed by atoms with Crippen LogP contribution in [0.5, 0.6) is 0 Å².